The van der Waals surface area contributed by atoms with Gasteiger partial charge >= 0.3 is 0 Å². The fraction of sp³-hybridized carbons (Fsp3) is 0.933. The summed E-state index contributed by atoms with van der Waals surface area (Å²) in [7, 11) is 0. The maximum Gasteiger partial charge on any atom is 0.236 e. The van der Waals surface area contributed by atoms with Crippen LogP contribution in [0, 0.1) is 0 Å². The Hall–Kier alpha value is -0.610. The van der Waals surface area contributed by atoms with Crippen LogP contribution >= 0.6 is 0 Å². The molecule has 2 aliphatic rings. The maximum atomic E-state index is 12.4. The normalized spacial score (nSPS) is 20.6. The van der Waals surface area contributed by atoms with Crippen molar-refractivity contribution in [1.82, 2.24) is 9.80 Å². The molecule has 2 fully saturated rings. The number of aliphatic hydroxyl groups is 1. The first-order chi connectivity index (χ1) is 9.31. The Morgan fingerprint density at radius 1 is 1.11 bits per heavy atom. The largest absolute Gasteiger partial charge is 0.396 e. The molecular formula is C15H28N2O2. The van der Waals surface area contributed by atoms with Crippen LogP contribution in [0.5, 0.6) is 0 Å². The van der Waals surface area contributed by atoms with Crippen molar-refractivity contribution < 1.29 is 9.90 Å². The van der Waals surface area contributed by atoms with Crippen LogP contribution in [0.1, 0.15) is 51.4 Å². The second-order valence-corrected chi connectivity index (χ2v) is 5.93. The van der Waals surface area contributed by atoms with E-state index in [1.807, 2.05) is 0 Å². The number of aliphatic hydroxyl groups excluding tert-OH is 1. The van der Waals surface area contributed by atoms with Gasteiger partial charge in [-0.05, 0) is 45.1 Å². The fourth-order valence-corrected chi connectivity index (χ4v) is 2.85. The standard InChI is InChI=1S/C15H28N2O2/c18-12-6-5-11-17(14-7-8-14)13-15(19)16-9-3-1-2-4-10-16/h14,18H,1-13H2. The molecule has 1 aliphatic heterocycles. The molecule has 0 aromatic heterocycles. The third-order valence-electron chi connectivity index (χ3n) is 4.21. The number of unbranched alkanes of at least 4 members (excludes halogenated alkanes) is 1. The molecular weight excluding hydrogens is 240 g/mol. The molecule has 1 N–H and O–H groups in total. The van der Waals surface area contributed by atoms with E-state index in [0.29, 0.717) is 18.5 Å². The van der Waals surface area contributed by atoms with Gasteiger partial charge in [0.25, 0.3) is 0 Å². The first-order valence-corrected chi connectivity index (χ1v) is 7.94. The lowest BCUT2D eigenvalue weighted by atomic mass is 10.2. The quantitative estimate of drug-likeness (QED) is 0.714. The molecule has 0 spiro atoms. The van der Waals surface area contributed by atoms with Crippen molar-refractivity contribution in [3.05, 3.63) is 0 Å². The second-order valence-electron chi connectivity index (χ2n) is 5.93. The van der Waals surface area contributed by atoms with Gasteiger partial charge in [0.2, 0.25) is 5.91 Å². The van der Waals surface area contributed by atoms with E-state index < -0.39 is 0 Å². The molecule has 0 aromatic rings. The minimum Gasteiger partial charge on any atom is -0.396 e. The lowest BCUT2D eigenvalue weighted by molar-refractivity contribution is -0.132. The third kappa shape index (κ3) is 5.11. The summed E-state index contributed by atoms with van der Waals surface area (Å²) >= 11 is 0. The van der Waals surface area contributed by atoms with Gasteiger partial charge in [0.05, 0.1) is 6.54 Å². The number of rotatable bonds is 7. The zero-order chi connectivity index (χ0) is 13.5. The molecule has 1 saturated carbocycles. The lowest BCUT2D eigenvalue weighted by Gasteiger charge is -2.26. The molecule has 1 heterocycles. The van der Waals surface area contributed by atoms with Crippen molar-refractivity contribution in [1.29, 1.82) is 0 Å². The Morgan fingerprint density at radius 3 is 2.37 bits per heavy atom. The highest BCUT2D eigenvalue weighted by Gasteiger charge is 2.30. The Kier molecular flexibility index (Phi) is 6.11. The Morgan fingerprint density at radius 2 is 1.79 bits per heavy atom. The van der Waals surface area contributed by atoms with E-state index in [1.54, 1.807) is 0 Å². The number of amides is 1. The van der Waals surface area contributed by atoms with Crippen LogP contribution in [0.15, 0.2) is 0 Å². The predicted octanol–water partition coefficient (Wildman–Crippen LogP) is 1.63. The summed E-state index contributed by atoms with van der Waals surface area (Å²) in [6.07, 6.45) is 9.21. The Bertz CT molecular complexity index is 271. The summed E-state index contributed by atoms with van der Waals surface area (Å²) < 4.78 is 0. The number of carbonyl (C=O) groups excluding carboxylic acids is 1. The van der Waals surface area contributed by atoms with Crippen molar-refractivity contribution in [3.8, 4) is 0 Å². The summed E-state index contributed by atoms with van der Waals surface area (Å²) in [4.78, 5) is 16.8. The summed E-state index contributed by atoms with van der Waals surface area (Å²) in [5.41, 5.74) is 0. The molecule has 19 heavy (non-hydrogen) atoms. The van der Waals surface area contributed by atoms with Gasteiger partial charge in [-0.25, -0.2) is 0 Å². The van der Waals surface area contributed by atoms with Crippen LogP contribution in [0.4, 0.5) is 0 Å². The van der Waals surface area contributed by atoms with E-state index in [-0.39, 0.29) is 6.61 Å². The molecule has 2 rings (SSSR count). The molecule has 1 saturated heterocycles. The topological polar surface area (TPSA) is 43.8 Å². The van der Waals surface area contributed by atoms with Gasteiger partial charge in [-0.2, -0.15) is 0 Å². The van der Waals surface area contributed by atoms with E-state index in [4.69, 9.17) is 5.11 Å². The molecule has 0 aromatic carbocycles. The minimum atomic E-state index is 0.262. The minimum absolute atomic E-state index is 0.262. The monoisotopic (exact) mass is 268 g/mol. The number of nitrogens with zero attached hydrogens (tertiary/aromatic N) is 2. The van der Waals surface area contributed by atoms with Gasteiger partial charge in [0.1, 0.15) is 0 Å². The molecule has 0 atom stereocenters. The van der Waals surface area contributed by atoms with Crippen molar-refractivity contribution in [2.24, 2.45) is 0 Å². The van der Waals surface area contributed by atoms with Crippen molar-refractivity contribution in [3.63, 3.8) is 0 Å². The lowest BCUT2D eigenvalue weighted by Crippen LogP contribution is -2.42. The number of hydrogen-bond acceptors (Lipinski definition) is 3. The SMILES string of the molecule is O=C(CN(CCCCO)C1CC1)N1CCCCCC1. The molecule has 4 heteroatoms. The summed E-state index contributed by atoms with van der Waals surface area (Å²) in [5.74, 6) is 0.317. The van der Waals surface area contributed by atoms with Crippen molar-refractivity contribution in [2.75, 3.05) is 32.8 Å². The van der Waals surface area contributed by atoms with Crippen molar-refractivity contribution in [2.45, 2.75) is 57.4 Å². The van der Waals surface area contributed by atoms with Gasteiger partial charge < -0.3 is 10.0 Å². The summed E-state index contributed by atoms with van der Waals surface area (Å²) in [5, 5.41) is 8.86. The highest BCUT2D eigenvalue weighted by molar-refractivity contribution is 5.78. The molecule has 1 aliphatic carbocycles. The molecule has 0 bridgehead atoms. The predicted molar refractivity (Wildman–Crippen MR) is 76.0 cm³/mol. The van der Waals surface area contributed by atoms with Crippen LogP contribution in [-0.2, 0) is 4.79 Å². The number of hydrogen-bond donors (Lipinski definition) is 1. The highest BCUT2D eigenvalue weighted by Crippen LogP contribution is 2.27. The van der Waals surface area contributed by atoms with Crippen LogP contribution in [0.3, 0.4) is 0 Å². The van der Waals surface area contributed by atoms with Crippen molar-refractivity contribution >= 4 is 5.91 Å². The summed E-state index contributed by atoms with van der Waals surface area (Å²) in [6, 6.07) is 0.634. The molecule has 0 unspecified atom stereocenters. The second kappa shape index (κ2) is 7.85. The maximum absolute atomic E-state index is 12.4. The highest BCUT2D eigenvalue weighted by atomic mass is 16.2. The van der Waals surface area contributed by atoms with Gasteiger partial charge in [-0.3, -0.25) is 9.69 Å². The van der Waals surface area contributed by atoms with Gasteiger partial charge in [-0.1, -0.05) is 12.8 Å². The van der Waals surface area contributed by atoms with E-state index in [1.165, 1.54) is 38.5 Å². The first kappa shape index (κ1) is 14.8. The molecule has 1 amide bonds. The van der Waals surface area contributed by atoms with Gasteiger partial charge in [-0.15, -0.1) is 0 Å². The smallest absolute Gasteiger partial charge is 0.236 e. The average molecular weight is 268 g/mol. The van der Waals surface area contributed by atoms with E-state index in [9.17, 15) is 4.79 Å². The molecule has 110 valence electrons. The molecule has 4 nitrogen and oxygen atoms in total. The number of likely N-dealkylation sites (tertiary alicyclic amines) is 1. The Balaban J connectivity index is 1.76. The first-order valence-electron chi connectivity index (χ1n) is 7.94. The Labute approximate surface area is 116 Å². The van der Waals surface area contributed by atoms with Crippen LogP contribution < -0.4 is 0 Å². The van der Waals surface area contributed by atoms with E-state index in [2.05, 4.69) is 9.80 Å². The van der Waals surface area contributed by atoms with Crippen LogP contribution in [0.25, 0.3) is 0 Å². The van der Waals surface area contributed by atoms with Gasteiger partial charge in [0, 0.05) is 25.7 Å². The average Bonchev–Trinajstić information content (AvgIpc) is 3.24. The van der Waals surface area contributed by atoms with Crippen LogP contribution in [0.2, 0.25) is 0 Å². The van der Waals surface area contributed by atoms with E-state index in [0.717, 1.165) is 32.5 Å². The number of carbonyl (C=O) groups is 1. The molecule has 0 radical (unpaired) electrons. The van der Waals surface area contributed by atoms with Gasteiger partial charge in [0.15, 0.2) is 0 Å². The van der Waals surface area contributed by atoms with Crippen LogP contribution in [-0.4, -0.2) is 59.6 Å². The summed E-state index contributed by atoms with van der Waals surface area (Å²) in [6.45, 7) is 3.72. The third-order valence-corrected chi connectivity index (χ3v) is 4.21. The fourth-order valence-electron chi connectivity index (χ4n) is 2.85. The van der Waals surface area contributed by atoms with E-state index >= 15 is 0 Å². The zero-order valence-corrected chi connectivity index (χ0v) is 12.0. The zero-order valence-electron chi connectivity index (χ0n) is 12.0.